The number of rotatable bonds is 4. The van der Waals surface area contributed by atoms with Crippen LogP contribution in [0.3, 0.4) is 0 Å². The fraction of sp³-hybridized carbons (Fsp3) is 0.154. The van der Waals surface area contributed by atoms with Crippen molar-refractivity contribution in [2.24, 2.45) is 0 Å². The van der Waals surface area contributed by atoms with Crippen LogP contribution in [-0.2, 0) is 6.54 Å². The molecule has 0 spiro atoms. The van der Waals surface area contributed by atoms with Crippen molar-refractivity contribution in [3.63, 3.8) is 0 Å². The molecule has 4 heteroatoms. The fourth-order valence-corrected chi connectivity index (χ4v) is 1.65. The Bertz CT molecular complexity index is 485. The van der Waals surface area contributed by atoms with Gasteiger partial charge in [-0.15, -0.1) is 0 Å². The van der Waals surface area contributed by atoms with Gasteiger partial charge in [0.1, 0.15) is 0 Å². The molecule has 0 bridgehead atoms. The summed E-state index contributed by atoms with van der Waals surface area (Å²) in [7, 11) is 1.60. The van der Waals surface area contributed by atoms with E-state index in [2.05, 4.69) is 10.3 Å². The van der Waals surface area contributed by atoms with Gasteiger partial charge in [-0.2, -0.15) is 0 Å². The van der Waals surface area contributed by atoms with E-state index in [0.717, 1.165) is 16.3 Å². The predicted molar refractivity (Wildman–Crippen MR) is 69.6 cm³/mol. The first-order chi connectivity index (χ1) is 8.29. The number of benzene rings is 1. The van der Waals surface area contributed by atoms with Gasteiger partial charge in [0, 0.05) is 17.6 Å². The second kappa shape index (κ2) is 5.55. The van der Waals surface area contributed by atoms with Gasteiger partial charge in [-0.1, -0.05) is 29.8 Å². The lowest BCUT2D eigenvalue weighted by Gasteiger charge is -2.08. The topological polar surface area (TPSA) is 34.1 Å². The highest BCUT2D eigenvalue weighted by Crippen LogP contribution is 2.17. The van der Waals surface area contributed by atoms with E-state index in [1.165, 1.54) is 0 Å². The zero-order chi connectivity index (χ0) is 12.1. The van der Waals surface area contributed by atoms with Gasteiger partial charge >= 0.3 is 0 Å². The summed E-state index contributed by atoms with van der Waals surface area (Å²) in [6.45, 7) is 0.674. The van der Waals surface area contributed by atoms with Crippen LogP contribution in [-0.4, -0.2) is 12.1 Å². The molecule has 2 aromatic rings. The zero-order valence-electron chi connectivity index (χ0n) is 9.48. The number of hydrogen-bond donors (Lipinski definition) is 1. The number of hydrogen-bond acceptors (Lipinski definition) is 3. The number of anilines is 1. The molecule has 3 nitrogen and oxygen atoms in total. The average Bonchev–Trinajstić information content (AvgIpc) is 2.38. The van der Waals surface area contributed by atoms with E-state index < -0.39 is 0 Å². The Morgan fingerprint density at radius 1 is 1.24 bits per heavy atom. The largest absolute Gasteiger partial charge is 0.481 e. The lowest BCUT2D eigenvalue weighted by Crippen LogP contribution is -2.00. The van der Waals surface area contributed by atoms with Gasteiger partial charge in [0.25, 0.3) is 0 Å². The van der Waals surface area contributed by atoms with E-state index in [1.54, 1.807) is 13.3 Å². The van der Waals surface area contributed by atoms with Crippen LogP contribution in [0.4, 0.5) is 5.69 Å². The minimum absolute atomic E-state index is 0.605. The minimum atomic E-state index is 0.605. The number of aromatic nitrogens is 1. The van der Waals surface area contributed by atoms with Crippen LogP contribution in [0.5, 0.6) is 5.88 Å². The van der Waals surface area contributed by atoms with E-state index >= 15 is 0 Å². The zero-order valence-corrected chi connectivity index (χ0v) is 10.2. The Morgan fingerprint density at radius 3 is 2.71 bits per heavy atom. The maximum absolute atomic E-state index is 6.06. The number of halogens is 1. The van der Waals surface area contributed by atoms with Gasteiger partial charge in [0.05, 0.1) is 19.0 Å². The van der Waals surface area contributed by atoms with Gasteiger partial charge in [-0.25, -0.2) is 4.98 Å². The summed E-state index contributed by atoms with van der Waals surface area (Å²) in [6, 6.07) is 11.5. The van der Waals surface area contributed by atoms with E-state index in [9.17, 15) is 0 Å². The summed E-state index contributed by atoms with van der Waals surface area (Å²) in [4.78, 5) is 4.11. The number of nitrogens with one attached hydrogen (secondary N) is 1. The van der Waals surface area contributed by atoms with E-state index in [0.29, 0.717) is 12.4 Å². The molecule has 0 fully saturated rings. The van der Waals surface area contributed by atoms with Crippen molar-refractivity contribution in [2.75, 3.05) is 12.4 Å². The Labute approximate surface area is 105 Å². The summed E-state index contributed by atoms with van der Waals surface area (Å²) in [5.41, 5.74) is 2.00. The van der Waals surface area contributed by atoms with Crippen LogP contribution in [0.25, 0.3) is 0 Å². The van der Waals surface area contributed by atoms with Crippen LogP contribution in [0.2, 0.25) is 5.02 Å². The SMILES string of the molecule is COc1ccc(NCc2ccccc2Cl)cn1. The summed E-state index contributed by atoms with van der Waals surface area (Å²) in [5, 5.41) is 4.02. The maximum atomic E-state index is 6.06. The summed E-state index contributed by atoms with van der Waals surface area (Å²) in [6.07, 6.45) is 1.73. The third kappa shape index (κ3) is 3.11. The average molecular weight is 249 g/mol. The van der Waals surface area contributed by atoms with Crippen molar-refractivity contribution in [2.45, 2.75) is 6.54 Å². The highest BCUT2D eigenvalue weighted by atomic mass is 35.5. The molecule has 1 aromatic carbocycles. The third-order valence-corrected chi connectivity index (χ3v) is 2.76. The molecular formula is C13H13ClN2O. The Morgan fingerprint density at radius 2 is 2.06 bits per heavy atom. The van der Waals surface area contributed by atoms with Crippen LogP contribution >= 0.6 is 11.6 Å². The molecule has 1 aromatic heterocycles. The van der Waals surface area contributed by atoms with Crippen molar-refractivity contribution in [3.05, 3.63) is 53.2 Å². The van der Waals surface area contributed by atoms with Crippen molar-refractivity contribution >= 4 is 17.3 Å². The number of pyridine rings is 1. The van der Waals surface area contributed by atoms with Crippen LogP contribution in [0, 0.1) is 0 Å². The molecule has 0 unspecified atom stereocenters. The molecule has 0 amide bonds. The van der Waals surface area contributed by atoms with Crippen LogP contribution in [0.15, 0.2) is 42.6 Å². The fourth-order valence-electron chi connectivity index (χ4n) is 1.44. The first-order valence-corrected chi connectivity index (χ1v) is 5.64. The second-order valence-corrected chi connectivity index (χ2v) is 3.94. The first-order valence-electron chi connectivity index (χ1n) is 5.27. The van der Waals surface area contributed by atoms with E-state index in [4.69, 9.17) is 16.3 Å². The summed E-state index contributed by atoms with van der Waals surface area (Å²) < 4.78 is 4.99. The van der Waals surface area contributed by atoms with Crippen molar-refractivity contribution in [1.82, 2.24) is 4.98 Å². The number of nitrogens with zero attached hydrogens (tertiary/aromatic N) is 1. The third-order valence-electron chi connectivity index (χ3n) is 2.39. The summed E-state index contributed by atoms with van der Waals surface area (Å²) >= 11 is 6.06. The molecule has 0 saturated carbocycles. The Hall–Kier alpha value is -1.74. The van der Waals surface area contributed by atoms with E-state index in [-0.39, 0.29) is 0 Å². The second-order valence-electron chi connectivity index (χ2n) is 3.53. The van der Waals surface area contributed by atoms with Crippen LogP contribution in [0.1, 0.15) is 5.56 Å². The first kappa shape index (κ1) is 11.7. The monoisotopic (exact) mass is 248 g/mol. The molecule has 0 radical (unpaired) electrons. The molecule has 17 heavy (non-hydrogen) atoms. The van der Waals surface area contributed by atoms with Crippen molar-refractivity contribution in [1.29, 1.82) is 0 Å². The predicted octanol–water partition coefficient (Wildman–Crippen LogP) is 3.36. The molecule has 0 aliphatic rings. The highest BCUT2D eigenvalue weighted by molar-refractivity contribution is 6.31. The molecule has 1 heterocycles. The standard InChI is InChI=1S/C13H13ClN2O/c1-17-13-7-6-11(9-16-13)15-8-10-4-2-3-5-12(10)14/h2-7,9,15H,8H2,1H3. The van der Waals surface area contributed by atoms with E-state index in [1.807, 2.05) is 36.4 Å². The Balaban J connectivity index is 2.00. The van der Waals surface area contributed by atoms with Gasteiger partial charge in [-0.3, -0.25) is 0 Å². The normalized spacial score (nSPS) is 10.0. The van der Waals surface area contributed by atoms with Gasteiger partial charge in [0.2, 0.25) is 5.88 Å². The molecule has 0 saturated heterocycles. The number of methoxy groups -OCH3 is 1. The smallest absolute Gasteiger partial charge is 0.213 e. The lowest BCUT2D eigenvalue weighted by molar-refractivity contribution is 0.398. The maximum Gasteiger partial charge on any atom is 0.213 e. The molecular weight excluding hydrogens is 236 g/mol. The molecule has 1 N–H and O–H groups in total. The molecule has 0 aliphatic heterocycles. The molecule has 88 valence electrons. The molecule has 2 rings (SSSR count). The summed E-state index contributed by atoms with van der Waals surface area (Å²) in [5.74, 6) is 0.605. The highest BCUT2D eigenvalue weighted by Gasteiger charge is 1.99. The Kier molecular flexibility index (Phi) is 3.83. The van der Waals surface area contributed by atoms with Gasteiger partial charge in [-0.05, 0) is 17.7 Å². The molecule has 0 aliphatic carbocycles. The van der Waals surface area contributed by atoms with Gasteiger partial charge < -0.3 is 10.1 Å². The van der Waals surface area contributed by atoms with Crippen molar-refractivity contribution in [3.8, 4) is 5.88 Å². The lowest BCUT2D eigenvalue weighted by atomic mass is 10.2. The van der Waals surface area contributed by atoms with Gasteiger partial charge in [0.15, 0.2) is 0 Å². The number of ether oxygens (including phenoxy) is 1. The van der Waals surface area contributed by atoms with Crippen LogP contribution < -0.4 is 10.1 Å². The van der Waals surface area contributed by atoms with Crippen molar-refractivity contribution < 1.29 is 4.74 Å². The molecule has 0 atom stereocenters. The minimum Gasteiger partial charge on any atom is -0.481 e. The quantitative estimate of drug-likeness (QED) is 0.901.